The molecule has 23 heavy (non-hydrogen) atoms. The predicted molar refractivity (Wildman–Crippen MR) is 85.9 cm³/mol. The van der Waals surface area contributed by atoms with E-state index in [1.807, 2.05) is 0 Å². The number of carbonyl (C=O) groups excluding carboxylic acids is 1. The van der Waals surface area contributed by atoms with E-state index in [-0.39, 0.29) is 29.5 Å². The van der Waals surface area contributed by atoms with Crippen LogP contribution in [0.25, 0.3) is 0 Å². The summed E-state index contributed by atoms with van der Waals surface area (Å²) in [6, 6.07) is 5.72. The van der Waals surface area contributed by atoms with Crippen molar-refractivity contribution in [1.82, 2.24) is 5.32 Å². The summed E-state index contributed by atoms with van der Waals surface area (Å²) in [5, 5.41) is 15.9. The number of amides is 1. The van der Waals surface area contributed by atoms with Crippen LogP contribution in [0.15, 0.2) is 29.2 Å². The zero-order valence-electron chi connectivity index (χ0n) is 12.2. The van der Waals surface area contributed by atoms with Gasteiger partial charge in [0, 0.05) is 12.3 Å². The Morgan fingerprint density at radius 1 is 1.26 bits per heavy atom. The third-order valence-corrected chi connectivity index (χ3v) is 4.39. The molecule has 0 aromatic heterocycles. The highest BCUT2D eigenvalue weighted by molar-refractivity contribution is 7.99. The molecule has 0 aliphatic rings. The van der Waals surface area contributed by atoms with Crippen LogP contribution in [0.5, 0.6) is 5.75 Å². The molecule has 128 valence electrons. The lowest BCUT2D eigenvalue weighted by Gasteiger charge is -2.07. The normalized spacial score (nSPS) is 11.0. The third kappa shape index (κ3) is 8.43. The zero-order chi connectivity index (χ0) is 17.3. The number of carbonyl (C=O) groups is 2. The third-order valence-electron chi connectivity index (χ3n) is 2.54. The Morgan fingerprint density at radius 2 is 1.91 bits per heavy atom. The van der Waals surface area contributed by atoms with E-state index >= 15 is 0 Å². The van der Waals surface area contributed by atoms with E-state index in [0.717, 1.165) is 0 Å². The van der Waals surface area contributed by atoms with Crippen LogP contribution in [0.1, 0.15) is 6.42 Å². The van der Waals surface area contributed by atoms with Crippen LogP contribution in [-0.4, -0.2) is 50.1 Å². The quantitative estimate of drug-likeness (QED) is 0.500. The maximum atomic E-state index is 11.4. The smallest absolute Gasteiger partial charge is 0.305 e. The van der Waals surface area contributed by atoms with Gasteiger partial charge in [0.05, 0.1) is 23.7 Å². The van der Waals surface area contributed by atoms with Gasteiger partial charge in [0.15, 0.2) is 0 Å². The standard InChI is InChI=1S/C13H18N2O6S2/c14-23(19,20)11-3-1-10(2-4-11)21-7-8-22-9-12(16)15-6-5-13(17)18/h1-4H,5-9H2,(H,15,16)(H,17,18)(H2,14,19,20). The van der Waals surface area contributed by atoms with Gasteiger partial charge in [-0.15, -0.1) is 11.8 Å². The summed E-state index contributed by atoms with van der Waals surface area (Å²) in [6.45, 7) is 0.462. The van der Waals surface area contributed by atoms with Crippen molar-refractivity contribution in [2.75, 3.05) is 24.7 Å². The molecule has 1 aromatic rings. The first-order chi connectivity index (χ1) is 10.8. The highest BCUT2D eigenvalue weighted by atomic mass is 32.2. The first-order valence-corrected chi connectivity index (χ1v) is 9.31. The van der Waals surface area contributed by atoms with E-state index in [4.69, 9.17) is 15.0 Å². The summed E-state index contributed by atoms with van der Waals surface area (Å²) in [5.74, 6) is 0.0915. The summed E-state index contributed by atoms with van der Waals surface area (Å²) in [6.07, 6.45) is -0.103. The number of hydrogen-bond donors (Lipinski definition) is 3. The topological polar surface area (TPSA) is 136 Å². The molecule has 1 rings (SSSR count). The van der Waals surface area contributed by atoms with E-state index in [0.29, 0.717) is 18.1 Å². The molecule has 0 spiro atoms. The summed E-state index contributed by atoms with van der Waals surface area (Å²) in [4.78, 5) is 21.6. The number of aliphatic carboxylic acids is 1. The van der Waals surface area contributed by atoms with Gasteiger partial charge in [-0.25, -0.2) is 13.6 Å². The van der Waals surface area contributed by atoms with E-state index in [2.05, 4.69) is 5.32 Å². The number of ether oxygens (including phenoxy) is 1. The fourth-order valence-corrected chi connectivity index (χ4v) is 2.62. The lowest BCUT2D eigenvalue weighted by Crippen LogP contribution is -2.27. The first-order valence-electron chi connectivity index (χ1n) is 6.61. The van der Waals surface area contributed by atoms with Crippen molar-refractivity contribution in [1.29, 1.82) is 0 Å². The molecule has 0 aliphatic carbocycles. The van der Waals surface area contributed by atoms with Gasteiger partial charge in [0.25, 0.3) is 0 Å². The highest BCUT2D eigenvalue weighted by Gasteiger charge is 2.07. The van der Waals surface area contributed by atoms with Crippen molar-refractivity contribution < 1.29 is 27.9 Å². The van der Waals surface area contributed by atoms with Crippen molar-refractivity contribution in [2.24, 2.45) is 5.14 Å². The van der Waals surface area contributed by atoms with Gasteiger partial charge >= 0.3 is 5.97 Å². The number of rotatable bonds is 10. The first kappa shape index (κ1) is 19.3. The number of sulfonamides is 1. The van der Waals surface area contributed by atoms with E-state index < -0.39 is 16.0 Å². The molecule has 0 heterocycles. The molecule has 0 radical (unpaired) electrons. The molecule has 1 amide bonds. The van der Waals surface area contributed by atoms with E-state index in [1.165, 1.54) is 36.0 Å². The summed E-state index contributed by atoms with van der Waals surface area (Å²) in [7, 11) is -3.71. The second-order valence-electron chi connectivity index (χ2n) is 4.41. The second-order valence-corrected chi connectivity index (χ2v) is 7.08. The van der Waals surface area contributed by atoms with Gasteiger partial charge in [-0.1, -0.05) is 0 Å². The average molecular weight is 362 g/mol. The Labute approximate surface area is 138 Å². The number of nitrogens with two attached hydrogens (primary N) is 1. The minimum absolute atomic E-state index is 0.0113. The van der Waals surface area contributed by atoms with Crippen LogP contribution in [0.4, 0.5) is 0 Å². The monoisotopic (exact) mass is 362 g/mol. The minimum Gasteiger partial charge on any atom is -0.493 e. The fraction of sp³-hybridized carbons (Fsp3) is 0.385. The molecule has 0 fully saturated rings. The maximum Gasteiger partial charge on any atom is 0.305 e. The second kappa shape index (κ2) is 9.38. The lowest BCUT2D eigenvalue weighted by molar-refractivity contribution is -0.136. The Bertz CT molecular complexity index is 630. The van der Waals surface area contributed by atoms with Crippen LogP contribution < -0.4 is 15.2 Å². The van der Waals surface area contributed by atoms with Gasteiger partial charge in [-0.05, 0) is 24.3 Å². The molecule has 0 saturated carbocycles. The van der Waals surface area contributed by atoms with Gasteiger partial charge in [0.1, 0.15) is 5.75 Å². The molecule has 0 saturated heterocycles. The van der Waals surface area contributed by atoms with Crippen molar-refractivity contribution in [3.05, 3.63) is 24.3 Å². The van der Waals surface area contributed by atoms with Crippen molar-refractivity contribution in [3.63, 3.8) is 0 Å². The fourth-order valence-electron chi connectivity index (χ4n) is 1.47. The number of benzene rings is 1. The molecule has 8 nitrogen and oxygen atoms in total. The number of thioether (sulfide) groups is 1. The molecule has 1 aromatic carbocycles. The summed E-state index contributed by atoms with van der Waals surface area (Å²) >= 11 is 1.35. The van der Waals surface area contributed by atoms with Gasteiger partial charge < -0.3 is 15.2 Å². The highest BCUT2D eigenvalue weighted by Crippen LogP contribution is 2.15. The Morgan fingerprint density at radius 3 is 2.48 bits per heavy atom. The van der Waals surface area contributed by atoms with Crippen LogP contribution in [0.3, 0.4) is 0 Å². The molecule has 0 unspecified atom stereocenters. The molecule has 10 heteroatoms. The van der Waals surface area contributed by atoms with Gasteiger partial charge in [0.2, 0.25) is 15.9 Å². The molecular weight excluding hydrogens is 344 g/mol. The Hall–Kier alpha value is -1.78. The van der Waals surface area contributed by atoms with E-state index in [1.54, 1.807) is 0 Å². The lowest BCUT2D eigenvalue weighted by atomic mass is 10.3. The van der Waals surface area contributed by atoms with Crippen LogP contribution in [0, 0.1) is 0 Å². The molecular formula is C13H18N2O6S2. The van der Waals surface area contributed by atoms with Crippen LogP contribution in [0.2, 0.25) is 0 Å². The predicted octanol–water partition coefficient (Wildman–Crippen LogP) is 0.0369. The molecule has 4 N–H and O–H groups in total. The van der Waals surface area contributed by atoms with Crippen LogP contribution >= 0.6 is 11.8 Å². The molecule has 0 atom stereocenters. The van der Waals surface area contributed by atoms with Crippen molar-refractivity contribution >= 4 is 33.7 Å². The summed E-state index contributed by atoms with van der Waals surface area (Å²) < 4.78 is 27.6. The average Bonchev–Trinajstić information content (AvgIpc) is 2.46. The molecule has 0 aliphatic heterocycles. The largest absolute Gasteiger partial charge is 0.493 e. The van der Waals surface area contributed by atoms with E-state index in [9.17, 15) is 18.0 Å². The number of carboxylic acid groups (broad SMARTS) is 1. The minimum atomic E-state index is -3.71. The summed E-state index contributed by atoms with van der Waals surface area (Å²) in [5.41, 5.74) is 0. The van der Waals surface area contributed by atoms with Gasteiger partial charge in [-0.2, -0.15) is 0 Å². The Kier molecular flexibility index (Phi) is 7.86. The maximum absolute atomic E-state index is 11.4. The van der Waals surface area contributed by atoms with Crippen molar-refractivity contribution in [2.45, 2.75) is 11.3 Å². The van der Waals surface area contributed by atoms with Crippen molar-refractivity contribution in [3.8, 4) is 5.75 Å². The number of carboxylic acids is 1. The van der Waals surface area contributed by atoms with Gasteiger partial charge in [-0.3, -0.25) is 9.59 Å². The Balaban J connectivity index is 2.18. The number of hydrogen-bond acceptors (Lipinski definition) is 6. The SMILES string of the molecule is NS(=O)(=O)c1ccc(OCCSCC(=O)NCCC(=O)O)cc1. The molecule has 0 bridgehead atoms. The number of primary sulfonamides is 1. The number of nitrogens with one attached hydrogen (secondary N) is 1. The van der Waals surface area contributed by atoms with Crippen LogP contribution in [-0.2, 0) is 19.6 Å². The zero-order valence-corrected chi connectivity index (χ0v) is 13.9.